The molecule has 0 aromatic carbocycles. The first-order valence-electron chi connectivity index (χ1n) is 4.26. The highest BCUT2D eigenvalue weighted by Gasteiger charge is 2.10. The smallest absolute Gasteiger partial charge is 0.322 e. The van der Waals surface area contributed by atoms with Gasteiger partial charge >= 0.3 is 18.0 Å². The highest BCUT2D eigenvalue weighted by Crippen LogP contribution is 1.92. The molecule has 0 bridgehead atoms. The Morgan fingerprint density at radius 1 is 1.33 bits per heavy atom. The van der Waals surface area contributed by atoms with Crippen LogP contribution in [0.3, 0.4) is 0 Å². The van der Waals surface area contributed by atoms with Gasteiger partial charge in [0.25, 0.3) is 0 Å². The van der Waals surface area contributed by atoms with Crippen LogP contribution in [0.5, 0.6) is 0 Å². The van der Waals surface area contributed by atoms with Gasteiger partial charge in [0.05, 0.1) is 0 Å². The number of carboxylic acid groups (broad SMARTS) is 1. The molecule has 0 aliphatic heterocycles. The molecule has 4 amide bonds. The molecule has 0 aromatic rings. The van der Waals surface area contributed by atoms with Crippen LogP contribution in [0.25, 0.3) is 0 Å². The second-order valence-electron chi connectivity index (χ2n) is 2.83. The topological polar surface area (TPSA) is 148 Å². The summed E-state index contributed by atoms with van der Waals surface area (Å²) in [5.41, 5.74) is 9.89. The highest BCUT2D eigenvalue weighted by molar-refractivity contribution is 5.92. The molecule has 8 heteroatoms. The zero-order valence-electron chi connectivity index (χ0n) is 8.03. The fourth-order valence-corrected chi connectivity index (χ4v) is 0.803. The Labute approximate surface area is 86.0 Å². The van der Waals surface area contributed by atoms with Crippen LogP contribution in [0.2, 0.25) is 0 Å². The second-order valence-corrected chi connectivity index (χ2v) is 2.83. The minimum absolute atomic E-state index is 0.222. The molecular formula is C7H14N4O4. The third-order valence-corrected chi connectivity index (χ3v) is 1.53. The molecule has 0 radical (unpaired) electrons. The first kappa shape index (κ1) is 13.2. The molecule has 0 spiro atoms. The number of carbonyl (C=O) groups is 3. The molecular weight excluding hydrogens is 204 g/mol. The molecule has 0 saturated heterocycles. The number of amides is 4. The number of rotatable bonds is 5. The maximum atomic E-state index is 10.8. The molecule has 15 heavy (non-hydrogen) atoms. The molecule has 86 valence electrons. The van der Waals surface area contributed by atoms with E-state index >= 15 is 0 Å². The number of urea groups is 2. The van der Waals surface area contributed by atoms with Gasteiger partial charge in [0.1, 0.15) is 6.04 Å². The predicted molar refractivity (Wildman–Crippen MR) is 51.0 cm³/mol. The largest absolute Gasteiger partial charge is 0.480 e. The molecule has 0 aliphatic rings. The van der Waals surface area contributed by atoms with Crippen molar-refractivity contribution in [2.75, 3.05) is 6.54 Å². The monoisotopic (exact) mass is 218 g/mol. The van der Waals surface area contributed by atoms with Gasteiger partial charge in [-0.1, -0.05) is 0 Å². The number of nitrogens with one attached hydrogen (secondary N) is 2. The molecule has 0 fully saturated rings. The van der Waals surface area contributed by atoms with Gasteiger partial charge in [-0.15, -0.1) is 0 Å². The number of primary amides is 1. The average Bonchev–Trinajstić information content (AvgIpc) is 2.10. The van der Waals surface area contributed by atoms with Gasteiger partial charge < -0.3 is 21.9 Å². The molecule has 0 unspecified atom stereocenters. The van der Waals surface area contributed by atoms with Crippen LogP contribution in [0.15, 0.2) is 0 Å². The molecule has 0 rings (SSSR count). The zero-order chi connectivity index (χ0) is 11.8. The number of nitrogens with two attached hydrogens (primary N) is 2. The van der Waals surface area contributed by atoms with Crippen molar-refractivity contribution in [1.82, 2.24) is 10.6 Å². The number of carboxylic acids is 1. The van der Waals surface area contributed by atoms with Crippen molar-refractivity contribution >= 4 is 18.0 Å². The summed E-state index contributed by atoms with van der Waals surface area (Å²) in [6.07, 6.45) is 0.645. The molecule has 7 N–H and O–H groups in total. The summed E-state index contributed by atoms with van der Waals surface area (Å²) in [6, 6.07) is -2.60. The molecule has 0 saturated carbocycles. The second kappa shape index (κ2) is 6.60. The first-order valence-corrected chi connectivity index (χ1v) is 4.26. The van der Waals surface area contributed by atoms with Crippen LogP contribution < -0.4 is 22.1 Å². The summed E-state index contributed by atoms with van der Waals surface area (Å²) in [5.74, 6) is -1.09. The van der Waals surface area contributed by atoms with Crippen LogP contribution in [0, 0.1) is 0 Å². The molecule has 0 aromatic heterocycles. The maximum absolute atomic E-state index is 10.8. The third-order valence-electron chi connectivity index (χ3n) is 1.53. The van der Waals surface area contributed by atoms with Crippen LogP contribution in [0.4, 0.5) is 9.59 Å². The van der Waals surface area contributed by atoms with Crippen molar-refractivity contribution < 1.29 is 19.5 Å². The van der Waals surface area contributed by atoms with Gasteiger partial charge in [-0.05, 0) is 12.8 Å². The van der Waals surface area contributed by atoms with Gasteiger partial charge in [-0.3, -0.25) is 10.1 Å². The van der Waals surface area contributed by atoms with E-state index in [4.69, 9.17) is 10.8 Å². The molecule has 0 aliphatic carbocycles. The lowest BCUT2D eigenvalue weighted by Gasteiger charge is -2.07. The zero-order valence-corrected chi connectivity index (χ0v) is 8.03. The number of aliphatic carboxylic acids is 1. The molecule has 8 nitrogen and oxygen atoms in total. The minimum atomic E-state index is -1.09. The van der Waals surface area contributed by atoms with E-state index in [1.54, 1.807) is 5.32 Å². The van der Waals surface area contributed by atoms with Crippen molar-refractivity contribution in [2.45, 2.75) is 18.9 Å². The fourth-order valence-electron chi connectivity index (χ4n) is 0.803. The van der Waals surface area contributed by atoms with E-state index in [2.05, 4.69) is 11.1 Å². The quantitative estimate of drug-likeness (QED) is 0.358. The van der Waals surface area contributed by atoms with Gasteiger partial charge in [-0.2, -0.15) is 0 Å². The fraction of sp³-hybridized carbons (Fsp3) is 0.571. The summed E-state index contributed by atoms with van der Waals surface area (Å²) in [6.45, 7) is 0.222. The summed E-state index contributed by atoms with van der Waals surface area (Å²) >= 11 is 0. The van der Waals surface area contributed by atoms with Crippen molar-refractivity contribution in [3.8, 4) is 0 Å². The highest BCUT2D eigenvalue weighted by atomic mass is 16.4. The van der Waals surface area contributed by atoms with Crippen LogP contribution in [-0.4, -0.2) is 35.7 Å². The van der Waals surface area contributed by atoms with E-state index in [1.807, 2.05) is 0 Å². The summed E-state index contributed by atoms with van der Waals surface area (Å²) in [5, 5.41) is 12.5. The minimum Gasteiger partial charge on any atom is -0.480 e. The van der Waals surface area contributed by atoms with Crippen LogP contribution >= 0.6 is 0 Å². The van der Waals surface area contributed by atoms with Gasteiger partial charge in [-0.25, -0.2) is 9.59 Å². The van der Waals surface area contributed by atoms with Gasteiger partial charge in [0.2, 0.25) is 0 Å². The standard InChI is InChI=1S/C7H14N4O4/c8-4(5(12)13)2-1-3-10-7(15)11-6(9)14/h4H,1-3,8H2,(H,12,13)(H4,9,10,11,14,15)/t4-/m0/s1. The Morgan fingerprint density at radius 3 is 2.40 bits per heavy atom. The number of imide groups is 1. The van der Waals surface area contributed by atoms with Gasteiger partial charge in [0.15, 0.2) is 0 Å². The van der Waals surface area contributed by atoms with Gasteiger partial charge in [0, 0.05) is 6.54 Å². The molecule has 0 heterocycles. The summed E-state index contributed by atoms with van der Waals surface area (Å²) < 4.78 is 0. The van der Waals surface area contributed by atoms with Crippen molar-refractivity contribution in [2.24, 2.45) is 11.5 Å². The lowest BCUT2D eigenvalue weighted by Crippen LogP contribution is -2.42. The van der Waals surface area contributed by atoms with Crippen LogP contribution in [-0.2, 0) is 4.79 Å². The summed E-state index contributed by atoms with van der Waals surface area (Å²) in [7, 11) is 0. The first-order chi connectivity index (χ1) is 6.93. The predicted octanol–water partition coefficient (Wildman–Crippen LogP) is -1.44. The van der Waals surface area contributed by atoms with E-state index in [0.29, 0.717) is 6.42 Å². The van der Waals surface area contributed by atoms with E-state index < -0.39 is 24.1 Å². The van der Waals surface area contributed by atoms with Crippen molar-refractivity contribution in [3.63, 3.8) is 0 Å². The van der Waals surface area contributed by atoms with E-state index in [1.165, 1.54) is 0 Å². The Balaban J connectivity index is 3.50. The maximum Gasteiger partial charge on any atom is 0.322 e. The average molecular weight is 218 g/mol. The Morgan fingerprint density at radius 2 is 1.93 bits per heavy atom. The van der Waals surface area contributed by atoms with E-state index in [0.717, 1.165) is 0 Å². The van der Waals surface area contributed by atoms with E-state index in [9.17, 15) is 14.4 Å². The lowest BCUT2D eigenvalue weighted by atomic mass is 10.2. The lowest BCUT2D eigenvalue weighted by molar-refractivity contribution is -0.138. The Kier molecular flexibility index (Phi) is 5.79. The summed E-state index contributed by atoms with van der Waals surface area (Å²) in [4.78, 5) is 31.2. The van der Waals surface area contributed by atoms with E-state index in [-0.39, 0.29) is 13.0 Å². The number of hydrogen-bond acceptors (Lipinski definition) is 4. The Bertz CT molecular complexity index is 255. The van der Waals surface area contributed by atoms with Crippen LogP contribution in [0.1, 0.15) is 12.8 Å². The number of hydrogen-bond donors (Lipinski definition) is 5. The Hall–Kier alpha value is -1.83. The van der Waals surface area contributed by atoms with Crippen molar-refractivity contribution in [3.05, 3.63) is 0 Å². The molecule has 1 atom stereocenters. The SMILES string of the molecule is NC(=O)NC(=O)NCCC[C@H](N)C(=O)O. The van der Waals surface area contributed by atoms with Crippen molar-refractivity contribution in [1.29, 1.82) is 0 Å². The third kappa shape index (κ3) is 7.26. The normalized spacial score (nSPS) is 11.5. The number of carbonyl (C=O) groups excluding carboxylic acids is 2.